The molecule has 1 aromatic carbocycles. The fourth-order valence-corrected chi connectivity index (χ4v) is 1.24. The van der Waals surface area contributed by atoms with Gasteiger partial charge in [0, 0.05) is 17.0 Å². The third-order valence-corrected chi connectivity index (χ3v) is 2.25. The van der Waals surface area contributed by atoms with Crippen molar-refractivity contribution in [2.45, 2.75) is 4.90 Å². The average molecular weight is 224 g/mol. The van der Waals surface area contributed by atoms with Crippen LogP contribution in [0.25, 0.3) is 5.14 Å². The molecular weight excluding hydrogens is 219 g/mol. The molecule has 0 bridgehead atoms. The second-order valence-electron chi connectivity index (χ2n) is 2.25. The summed E-state index contributed by atoms with van der Waals surface area (Å²) in [5.41, 5.74) is -0.201. The van der Waals surface area contributed by atoms with Crippen molar-refractivity contribution >= 4 is 15.7 Å². The SMILES string of the molecule is [NH-]S(=O)(=O)c1ccc([N+](=O)[O-])cc1.[Na+]. The minimum Gasteiger partial charge on any atom is -0.560 e. The van der Waals surface area contributed by atoms with Gasteiger partial charge in [-0.2, -0.15) is 0 Å². The molecule has 0 saturated carbocycles. The number of nitrogens with zero attached hydrogens (tertiary/aromatic N) is 1. The van der Waals surface area contributed by atoms with E-state index in [1.54, 1.807) is 0 Å². The van der Waals surface area contributed by atoms with Crippen LogP contribution in [0.4, 0.5) is 5.69 Å². The number of nitrogens with one attached hydrogen (secondary N) is 1. The number of nitro groups is 1. The largest absolute Gasteiger partial charge is 1.00 e. The summed E-state index contributed by atoms with van der Waals surface area (Å²) in [6.45, 7) is 0. The van der Waals surface area contributed by atoms with Crippen LogP contribution in [0, 0.1) is 10.1 Å². The molecule has 0 radical (unpaired) electrons. The molecule has 0 aromatic heterocycles. The Hall–Kier alpha value is -0.470. The predicted molar refractivity (Wildman–Crippen MR) is 44.6 cm³/mol. The maximum absolute atomic E-state index is 10.6. The van der Waals surface area contributed by atoms with E-state index >= 15 is 0 Å². The Morgan fingerprint density at radius 2 is 1.64 bits per heavy atom. The summed E-state index contributed by atoms with van der Waals surface area (Å²) < 4.78 is 21.2. The van der Waals surface area contributed by atoms with Gasteiger partial charge < -0.3 is 5.14 Å². The molecule has 0 aliphatic heterocycles. The Labute approximate surface area is 103 Å². The molecule has 6 nitrogen and oxygen atoms in total. The van der Waals surface area contributed by atoms with Gasteiger partial charge in [-0.15, -0.1) is 0 Å². The first-order valence-electron chi connectivity index (χ1n) is 3.15. The van der Waals surface area contributed by atoms with Crippen molar-refractivity contribution < 1.29 is 42.9 Å². The van der Waals surface area contributed by atoms with E-state index in [1.807, 2.05) is 0 Å². The Bertz CT molecular complexity index is 428. The summed E-state index contributed by atoms with van der Waals surface area (Å²) >= 11 is 0. The zero-order chi connectivity index (χ0) is 10.1. The number of benzene rings is 1. The number of rotatable bonds is 2. The molecule has 0 saturated heterocycles. The monoisotopic (exact) mass is 224 g/mol. The molecule has 14 heavy (non-hydrogen) atoms. The molecule has 1 N–H and O–H groups in total. The standard InChI is InChI=1S/C6H5N2O4S.Na/c7-13(11,12)6-3-1-5(2-4-6)8(9)10;/h1-4H,(H-,7,11,12);/q-1;+1. The topological polar surface area (TPSA) is 101 Å². The molecule has 0 aliphatic carbocycles. The van der Waals surface area contributed by atoms with Crippen molar-refractivity contribution in [3.05, 3.63) is 39.5 Å². The molecule has 0 spiro atoms. The molecule has 1 rings (SSSR count). The van der Waals surface area contributed by atoms with Crippen LogP contribution in [-0.4, -0.2) is 13.3 Å². The van der Waals surface area contributed by atoms with Gasteiger partial charge in [-0.05, 0) is 12.1 Å². The first kappa shape index (κ1) is 13.5. The van der Waals surface area contributed by atoms with E-state index in [0.29, 0.717) is 0 Å². The zero-order valence-corrected chi connectivity index (χ0v) is 10.1. The van der Waals surface area contributed by atoms with E-state index in [2.05, 4.69) is 0 Å². The average Bonchev–Trinajstić information content (AvgIpc) is 2.03. The molecule has 0 atom stereocenters. The Morgan fingerprint density at radius 3 is 1.93 bits per heavy atom. The maximum Gasteiger partial charge on any atom is 1.00 e. The van der Waals surface area contributed by atoms with Crippen LogP contribution < -0.4 is 29.6 Å². The summed E-state index contributed by atoms with van der Waals surface area (Å²) in [6, 6.07) is 4.14. The van der Waals surface area contributed by atoms with Gasteiger partial charge in [-0.3, -0.25) is 10.1 Å². The third kappa shape index (κ3) is 3.35. The van der Waals surface area contributed by atoms with Crippen molar-refractivity contribution in [3.8, 4) is 0 Å². The van der Waals surface area contributed by atoms with E-state index in [1.165, 1.54) is 0 Å². The van der Waals surface area contributed by atoms with Crippen molar-refractivity contribution in [2.24, 2.45) is 0 Å². The van der Waals surface area contributed by atoms with Gasteiger partial charge in [-0.1, -0.05) is 0 Å². The Kier molecular flexibility index (Phi) is 4.69. The minimum atomic E-state index is -4.02. The summed E-state index contributed by atoms with van der Waals surface area (Å²) in [6.07, 6.45) is 0. The van der Waals surface area contributed by atoms with Gasteiger partial charge in [0.1, 0.15) is 0 Å². The second-order valence-corrected chi connectivity index (χ2v) is 3.73. The second kappa shape index (κ2) is 4.85. The fourth-order valence-electron chi connectivity index (χ4n) is 0.747. The van der Waals surface area contributed by atoms with E-state index in [9.17, 15) is 18.5 Å². The predicted octanol–water partition coefficient (Wildman–Crippen LogP) is -1.66. The van der Waals surface area contributed by atoms with E-state index in [0.717, 1.165) is 24.3 Å². The number of non-ortho nitro benzene ring substituents is 1. The number of hydrogen-bond donors (Lipinski definition) is 0. The van der Waals surface area contributed by atoms with Crippen molar-refractivity contribution in [1.29, 1.82) is 0 Å². The van der Waals surface area contributed by atoms with Crippen LogP contribution >= 0.6 is 0 Å². The van der Waals surface area contributed by atoms with Gasteiger partial charge in [0.15, 0.2) is 0 Å². The summed E-state index contributed by atoms with van der Waals surface area (Å²) in [4.78, 5) is 9.28. The molecule has 0 unspecified atom stereocenters. The molecule has 0 aliphatic rings. The van der Waals surface area contributed by atoms with Gasteiger partial charge in [-0.25, -0.2) is 8.42 Å². The first-order chi connectivity index (χ1) is 5.91. The van der Waals surface area contributed by atoms with Crippen LogP contribution in [0.2, 0.25) is 0 Å². The molecular formula is C6H5N2NaO4S. The van der Waals surface area contributed by atoms with Crippen molar-refractivity contribution in [1.82, 2.24) is 0 Å². The van der Waals surface area contributed by atoms with E-state index < -0.39 is 14.9 Å². The van der Waals surface area contributed by atoms with Crippen molar-refractivity contribution in [3.63, 3.8) is 0 Å². The maximum atomic E-state index is 10.6. The third-order valence-electron chi connectivity index (χ3n) is 1.36. The normalized spacial score (nSPS) is 10.4. The van der Waals surface area contributed by atoms with Crippen LogP contribution in [0.1, 0.15) is 0 Å². The Morgan fingerprint density at radius 1 is 1.21 bits per heavy atom. The molecule has 70 valence electrons. The molecule has 0 fully saturated rings. The van der Waals surface area contributed by atoms with Crippen LogP contribution in [0.15, 0.2) is 29.2 Å². The van der Waals surface area contributed by atoms with Gasteiger partial charge in [0.05, 0.1) is 14.9 Å². The summed E-state index contributed by atoms with van der Waals surface area (Å²) in [5.74, 6) is 0. The number of nitro benzene ring substituents is 1. The zero-order valence-electron chi connectivity index (χ0n) is 7.30. The van der Waals surface area contributed by atoms with Gasteiger partial charge >= 0.3 is 29.6 Å². The Balaban J connectivity index is 0.00000169. The fraction of sp³-hybridized carbons (Fsp3) is 0. The van der Waals surface area contributed by atoms with Crippen LogP contribution in [0.5, 0.6) is 0 Å². The van der Waals surface area contributed by atoms with Crippen LogP contribution in [-0.2, 0) is 10.0 Å². The molecule has 0 amide bonds. The van der Waals surface area contributed by atoms with Crippen molar-refractivity contribution in [2.75, 3.05) is 0 Å². The first-order valence-corrected chi connectivity index (χ1v) is 4.63. The number of hydrogen-bond acceptors (Lipinski definition) is 4. The summed E-state index contributed by atoms with van der Waals surface area (Å²) in [5, 5.41) is 16.8. The van der Waals surface area contributed by atoms with E-state index in [4.69, 9.17) is 5.14 Å². The van der Waals surface area contributed by atoms with Gasteiger partial charge in [0.25, 0.3) is 5.69 Å². The molecule has 1 aromatic rings. The van der Waals surface area contributed by atoms with Crippen LogP contribution in [0.3, 0.4) is 0 Å². The quantitative estimate of drug-likeness (QED) is 0.341. The minimum absolute atomic E-state index is 0. The molecule has 0 heterocycles. The smallest absolute Gasteiger partial charge is 0.560 e. The van der Waals surface area contributed by atoms with E-state index in [-0.39, 0.29) is 40.1 Å². The molecule has 8 heteroatoms. The van der Waals surface area contributed by atoms with Gasteiger partial charge in [0.2, 0.25) is 0 Å². The number of sulfonamides is 1. The summed E-state index contributed by atoms with van der Waals surface area (Å²) in [7, 11) is -4.02.